The van der Waals surface area contributed by atoms with Crippen molar-refractivity contribution < 1.29 is 39.5 Å². The molecule has 0 amide bonds. The second-order valence-corrected chi connectivity index (χ2v) is 3.24. The molecule has 13 heavy (non-hydrogen) atoms. The fourth-order valence-electron chi connectivity index (χ4n) is 1.23. The quantitative estimate of drug-likeness (QED) is 0.364. The Morgan fingerprint density at radius 3 is 1.92 bits per heavy atom. The molecule has 0 heterocycles. The van der Waals surface area contributed by atoms with Gasteiger partial charge in [0.15, 0.2) is 0 Å². The zero-order chi connectivity index (χ0) is 9.23. The summed E-state index contributed by atoms with van der Waals surface area (Å²) in [6.07, 6.45) is 8.34. The van der Waals surface area contributed by atoms with E-state index < -0.39 is 5.97 Å². The molecule has 0 aromatic heterocycles. The molecule has 72 valence electrons. The van der Waals surface area contributed by atoms with Crippen LogP contribution in [-0.4, -0.2) is 5.97 Å². The third-order valence-electron chi connectivity index (χ3n) is 1.98. The number of carbonyl (C=O) groups is 1. The molecule has 0 N–H and O–H groups in total. The van der Waals surface area contributed by atoms with Gasteiger partial charge in [-0.2, -0.15) is 0 Å². The summed E-state index contributed by atoms with van der Waals surface area (Å²) in [4.78, 5) is 10.0. The molecule has 0 rings (SSSR count). The first-order valence-corrected chi connectivity index (χ1v) is 4.97. The van der Waals surface area contributed by atoms with Gasteiger partial charge in [0, 0.05) is 5.97 Å². The van der Waals surface area contributed by atoms with E-state index in [0.717, 1.165) is 12.8 Å². The van der Waals surface area contributed by atoms with Crippen molar-refractivity contribution in [3.63, 3.8) is 0 Å². The third-order valence-corrected chi connectivity index (χ3v) is 1.98. The van der Waals surface area contributed by atoms with Crippen molar-refractivity contribution in [1.29, 1.82) is 0 Å². The number of hydrogen-bond donors (Lipinski definition) is 0. The Bertz CT molecular complexity index is 115. The van der Waals surface area contributed by atoms with Crippen molar-refractivity contribution in [2.45, 2.75) is 58.3 Å². The number of hydrogen-bond acceptors (Lipinski definition) is 2. The monoisotopic (exact) mass is 196 g/mol. The molecule has 3 heteroatoms. The molecule has 0 aliphatic carbocycles. The van der Waals surface area contributed by atoms with Crippen LogP contribution < -0.4 is 34.7 Å². The number of carbonyl (C=O) groups excluding carboxylic acids is 1. The number of rotatable bonds is 8. The summed E-state index contributed by atoms with van der Waals surface area (Å²) in [5, 5.41) is 10.0. The Kier molecular flexibility index (Phi) is 15.3. The van der Waals surface area contributed by atoms with Gasteiger partial charge in [-0.05, 0) is 12.8 Å². The molecule has 0 aliphatic heterocycles. The fraction of sp³-hybridized carbons (Fsp3) is 0.900. The minimum atomic E-state index is -0.913. The van der Waals surface area contributed by atoms with Crippen LogP contribution >= 0.6 is 0 Å². The molecule has 0 saturated carbocycles. The van der Waals surface area contributed by atoms with Crippen LogP contribution in [-0.2, 0) is 4.79 Å². The van der Waals surface area contributed by atoms with Crippen LogP contribution in [0.15, 0.2) is 0 Å². The largest absolute Gasteiger partial charge is 1.00 e. The van der Waals surface area contributed by atoms with E-state index in [1.807, 2.05) is 0 Å². The van der Waals surface area contributed by atoms with Crippen LogP contribution in [0.25, 0.3) is 0 Å². The maximum absolute atomic E-state index is 10.0. The van der Waals surface area contributed by atoms with Gasteiger partial charge in [-0.1, -0.05) is 45.4 Å². The Hall–Kier alpha value is 0.470. The van der Waals surface area contributed by atoms with Crippen molar-refractivity contribution in [3.8, 4) is 0 Å². The average molecular weight is 196 g/mol. The summed E-state index contributed by atoms with van der Waals surface area (Å²) in [5.74, 6) is -0.913. The summed E-state index contributed by atoms with van der Waals surface area (Å²) in [7, 11) is 0. The van der Waals surface area contributed by atoms with Gasteiger partial charge in [-0.3, -0.25) is 0 Å². The molecule has 0 aliphatic rings. The standard InChI is InChI=1S/C10H20O2.Na/c1-2-3-4-5-6-7-8-9-10(11)12;/h2-9H2,1H3,(H,11,12);/q;+1/p-1/i10+2;. The van der Waals surface area contributed by atoms with Gasteiger partial charge < -0.3 is 9.90 Å². The molecule has 0 aromatic rings. The Labute approximate surface area is 103 Å². The summed E-state index contributed by atoms with van der Waals surface area (Å²) in [6, 6.07) is 0. The predicted octanol–water partition coefficient (Wildman–Crippen LogP) is -1.12. The van der Waals surface area contributed by atoms with Crippen molar-refractivity contribution >= 4 is 5.97 Å². The van der Waals surface area contributed by atoms with E-state index in [1.54, 1.807) is 0 Å². The van der Waals surface area contributed by atoms with Crippen LogP contribution in [0, 0.1) is 0 Å². The molecule has 0 spiro atoms. The SMILES string of the molecule is CCCCCCCCC[14C](=O)[O-].[Na+]. The van der Waals surface area contributed by atoms with Gasteiger partial charge >= 0.3 is 29.6 Å². The summed E-state index contributed by atoms with van der Waals surface area (Å²) >= 11 is 0. The third kappa shape index (κ3) is 15.2. The number of carboxylic acids is 1. The minimum Gasteiger partial charge on any atom is -0.550 e. The van der Waals surface area contributed by atoms with Crippen LogP contribution in [0.5, 0.6) is 0 Å². The van der Waals surface area contributed by atoms with E-state index in [4.69, 9.17) is 0 Å². The second kappa shape index (κ2) is 12.5. The number of carboxylic acid groups (broad SMARTS) is 1. The Morgan fingerprint density at radius 2 is 1.46 bits per heavy atom. The van der Waals surface area contributed by atoms with Crippen LogP contribution in [0.2, 0.25) is 0 Å². The molecule has 0 bridgehead atoms. The topological polar surface area (TPSA) is 40.1 Å². The van der Waals surface area contributed by atoms with E-state index in [1.165, 1.54) is 32.1 Å². The minimum absolute atomic E-state index is 0. The molecular formula is C10H19NaO2. The molecule has 0 fully saturated rings. The average Bonchev–Trinajstić information content (AvgIpc) is 2.02. The van der Waals surface area contributed by atoms with Crippen molar-refractivity contribution in [2.75, 3.05) is 0 Å². The van der Waals surface area contributed by atoms with E-state index in [9.17, 15) is 9.90 Å². The van der Waals surface area contributed by atoms with Gasteiger partial charge in [-0.25, -0.2) is 0 Å². The molecular weight excluding hydrogens is 177 g/mol. The van der Waals surface area contributed by atoms with Crippen LogP contribution in [0.3, 0.4) is 0 Å². The van der Waals surface area contributed by atoms with Crippen molar-refractivity contribution in [2.24, 2.45) is 0 Å². The molecule has 0 radical (unpaired) electrons. The first-order valence-electron chi connectivity index (χ1n) is 4.97. The first-order chi connectivity index (χ1) is 5.77. The predicted molar refractivity (Wildman–Crippen MR) is 47.6 cm³/mol. The molecule has 0 atom stereocenters. The zero-order valence-electron chi connectivity index (χ0n) is 8.97. The van der Waals surface area contributed by atoms with E-state index in [0.29, 0.717) is 0 Å². The molecule has 0 saturated heterocycles. The van der Waals surface area contributed by atoms with Crippen LogP contribution in [0.4, 0.5) is 0 Å². The van der Waals surface area contributed by atoms with E-state index in [2.05, 4.69) is 6.92 Å². The van der Waals surface area contributed by atoms with Crippen LogP contribution in [0.1, 0.15) is 58.3 Å². The Morgan fingerprint density at radius 1 is 1.00 bits per heavy atom. The van der Waals surface area contributed by atoms with Crippen molar-refractivity contribution in [1.82, 2.24) is 0 Å². The van der Waals surface area contributed by atoms with Gasteiger partial charge in [0.05, 0.1) is 0 Å². The maximum atomic E-state index is 10.0. The summed E-state index contributed by atoms with van der Waals surface area (Å²) in [5.41, 5.74) is 0. The summed E-state index contributed by atoms with van der Waals surface area (Å²) < 4.78 is 0. The van der Waals surface area contributed by atoms with Gasteiger partial charge in [-0.15, -0.1) is 0 Å². The van der Waals surface area contributed by atoms with Gasteiger partial charge in [0.2, 0.25) is 0 Å². The first kappa shape index (κ1) is 15.9. The zero-order valence-corrected chi connectivity index (χ0v) is 11.0. The Balaban J connectivity index is 0. The van der Waals surface area contributed by atoms with Gasteiger partial charge in [0.25, 0.3) is 0 Å². The van der Waals surface area contributed by atoms with Crippen molar-refractivity contribution in [3.05, 3.63) is 0 Å². The fourth-order valence-corrected chi connectivity index (χ4v) is 1.23. The van der Waals surface area contributed by atoms with E-state index >= 15 is 0 Å². The van der Waals surface area contributed by atoms with Gasteiger partial charge in [0.1, 0.15) is 0 Å². The molecule has 0 unspecified atom stereocenters. The van der Waals surface area contributed by atoms with E-state index in [-0.39, 0.29) is 36.0 Å². The maximum Gasteiger partial charge on any atom is 1.00 e. The normalized spacial score (nSPS) is 9.31. The smallest absolute Gasteiger partial charge is 0.550 e. The number of unbranched alkanes of at least 4 members (excludes halogenated alkanes) is 6. The number of aliphatic carboxylic acids is 1. The second-order valence-electron chi connectivity index (χ2n) is 3.24. The molecule has 2 nitrogen and oxygen atoms in total. The summed E-state index contributed by atoms with van der Waals surface area (Å²) in [6.45, 7) is 2.19. The molecule has 0 aromatic carbocycles.